The fourth-order valence-corrected chi connectivity index (χ4v) is 3.91. The fraction of sp³-hybridized carbons (Fsp3) is 0.179. The normalized spacial score (nSPS) is 12.5. The number of nitrogens with zero attached hydrogens (tertiary/aromatic N) is 3. The summed E-state index contributed by atoms with van der Waals surface area (Å²) in [5, 5.41) is 20.5. The number of aliphatic hydroxyl groups excluding tert-OH is 1. The maximum absolute atomic E-state index is 13.3. The van der Waals surface area contributed by atoms with Crippen LogP contribution in [0, 0.1) is 13.5 Å². The molecule has 0 saturated heterocycles. The molecular formula is C28H27N5O2. The maximum Gasteiger partial charge on any atom is 0.274 e. The average Bonchev–Trinajstić information content (AvgIpc) is 3.29. The van der Waals surface area contributed by atoms with Crippen LogP contribution in [0.1, 0.15) is 40.3 Å². The number of hydrogen-bond donors (Lipinski definition) is 3. The van der Waals surface area contributed by atoms with Crippen LogP contribution >= 0.6 is 0 Å². The van der Waals surface area contributed by atoms with Crippen molar-refractivity contribution >= 4 is 17.3 Å². The van der Waals surface area contributed by atoms with Crippen molar-refractivity contribution in [3.05, 3.63) is 119 Å². The largest absolute Gasteiger partial charge is 0.395 e. The van der Waals surface area contributed by atoms with E-state index in [4.69, 9.17) is 6.57 Å². The Morgan fingerprint density at radius 2 is 1.77 bits per heavy atom. The van der Waals surface area contributed by atoms with Crippen molar-refractivity contribution in [3.63, 3.8) is 0 Å². The number of aromatic nitrogens is 2. The van der Waals surface area contributed by atoms with Gasteiger partial charge in [-0.2, -0.15) is 5.10 Å². The highest BCUT2D eigenvalue weighted by atomic mass is 16.3. The fourth-order valence-electron chi connectivity index (χ4n) is 3.91. The molecule has 7 heteroatoms. The quantitative estimate of drug-likeness (QED) is 0.318. The Kier molecular flexibility index (Phi) is 7.36. The Hall–Kier alpha value is -4.25. The van der Waals surface area contributed by atoms with Gasteiger partial charge >= 0.3 is 0 Å². The molecule has 2 atom stereocenters. The standard InChI is InChI=1S/C28H27N5O2/c1-19-15-26(33(32-19)25-14-8-12-23(17-25)29-3)28(35)31-24-13-7-11-22(16-24)27(30-20(2)18-34)21-9-5-4-6-10-21/h4-17,20,27,30,34H,18H2,1-2H3,(H,31,35). The van der Waals surface area contributed by atoms with E-state index in [0.29, 0.717) is 28.5 Å². The van der Waals surface area contributed by atoms with E-state index in [0.717, 1.165) is 11.1 Å². The zero-order valence-corrected chi connectivity index (χ0v) is 19.6. The molecule has 1 amide bonds. The smallest absolute Gasteiger partial charge is 0.274 e. The summed E-state index contributed by atoms with van der Waals surface area (Å²) in [6.07, 6.45) is 0. The van der Waals surface area contributed by atoms with Gasteiger partial charge in [0.1, 0.15) is 5.69 Å². The molecule has 1 aromatic heterocycles. The summed E-state index contributed by atoms with van der Waals surface area (Å²) in [7, 11) is 0. The minimum Gasteiger partial charge on any atom is -0.395 e. The molecule has 35 heavy (non-hydrogen) atoms. The van der Waals surface area contributed by atoms with E-state index in [9.17, 15) is 9.90 Å². The van der Waals surface area contributed by atoms with Crippen LogP contribution in [0.2, 0.25) is 0 Å². The summed E-state index contributed by atoms with van der Waals surface area (Å²) >= 11 is 0. The van der Waals surface area contributed by atoms with Crippen molar-refractivity contribution < 1.29 is 9.90 Å². The zero-order chi connectivity index (χ0) is 24.8. The van der Waals surface area contributed by atoms with E-state index in [1.54, 1.807) is 28.9 Å². The molecule has 4 aromatic rings. The maximum atomic E-state index is 13.3. The van der Waals surface area contributed by atoms with Crippen LogP contribution in [-0.2, 0) is 0 Å². The molecule has 0 saturated carbocycles. The van der Waals surface area contributed by atoms with Gasteiger partial charge in [0.2, 0.25) is 0 Å². The lowest BCUT2D eigenvalue weighted by atomic mass is 9.97. The highest BCUT2D eigenvalue weighted by Crippen LogP contribution is 2.26. The third kappa shape index (κ3) is 5.64. The Morgan fingerprint density at radius 3 is 2.51 bits per heavy atom. The number of aliphatic hydroxyl groups is 1. The summed E-state index contributed by atoms with van der Waals surface area (Å²) in [4.78, 5) is 16.7. The predicted molar refractivity (Wildman–Crippen MR) is 137 cm³/mol. The highest BCUT2D eigenvalue weighted by Gasteiger charge is 2.19. The summed E-state index contributed by atoms with van der Waals surface area (Å²) < 4.78 is 1.56. The van der Waals surface area contributed by atoms with Gasteiger partial charge in [0.25, 0.3) is 5.91 Å². The van der Waals surface area contributed by atoms with Gasteiger partial charge < -0.3 is 15.7 Å². The average molecular weight is 466 g/mol. The Bertz CT molecular complexity index is 1360. The van der Waals surface area contributed by atoms with E-state index in [-0.39, 0.29) is 24.6 Å². The van der Waals surface area contributed by atoms with Crippen molar-refractivity contribution in [2.24, 2.45) is 0 Å². The predicted octanol–water partition coefficient (Wildman–Crippen LogP) is 5.04. The first-order valence-corrected chi connectivity index (χ1v) is 11.4. The second kappa shape index (κ2) is 10.8. The summed E-state index contributed by atoms with van der Waals surface area (Å²) in [6.45, 7) is 11.0. The van der Waals surface area contributed by atoms with Crippen LogP contribution in [-0.4, -0.2) is 33.4 Å². The first-order valence-electron chi connectivity index (χ1n) is 11.4. The van der Waals surface area contributed by atoms with Gasteiger partial charge in [0.15, 0.2) is 5.69 Å². The van der Waals surface area contributed by atoms with Crippen molar-refractivity contribution in [2.45, 2.75) is 25.9 Å². The van der Waals surface area contributed by atoms with E-state index in [1.165, 1.54) is 0 Å². The van der Waals surface area contributed by atoms with Crippen LogP contribution < -0.4 is 10.6 Å². The molecule has 0 bridgehead atoms. The van der Waals surface area contributed by atoms with E-state index in [2.05, 4.69) is 20.6 Å². The molecule has 1 heterocycles. The number of nitrogens with one attached hydrogen (secondary N) is 2. The van der Waals surface area contributed by atoms with E-state index >= 15 is 0 Å². The van der Waals surface area contributed by atoms with E-state index < -0.39 is 0 Å². The monoisotopic (exact) mass is 465 g/mol. The number of hydrogen-bond acceptors (Lipinski definition) is 4. The Balaban J connectivity index is 1.63. The van der Waals surface area contributed by atoms with Crippen molar-refractivity contribution in [3.8, 4) is 5.69 Å². The van der Waals surface area contributed by atoms with Gasteiger partial charge in [-0.1, -0.05) is 54.6 Å². The number of anilines is 1. The lowest BCUT2D eigenvalue weighted by Gasteiger charge is -2.24. The lowest BCUT2D eigenvalue weighted by Crippen LogP contribution is -2.33. The molecule has 0 spiro atoms. The minimum absolute atomic E-state index is 0.0117. The molecule has 4 rings (SSSR count). The first kappa shape index (κ1) is 23.9. The van der Waals surface area contributed by atoms with Gasteiger partial charge in [-0.3, -0.25) is 4.79 Å². The molecule has 3 N–H and O–H groups in total. The molecule has 2 unspecified atom stereocenters. The summed E-state index contributed by atoms with van der Waals surface area (Å²) in [6, 6.07) is 26.1. The lowest BCUT2D eigenvalue weighted by molar-refractivity contribution is 0.101. The molecular weight excluding hydrogens is 438 g/mol. The molecule has 0 aliphatic rings. The second-order valence-corrected chi connectivity index (χ2v) is 8.39. The summed E-state index contributed by atoms with van der Waals surface area (Å²) in [5.41, 5.74) is 4.87. The minimum atomic E-state index is -0.302. The van der Waals surface area contributed by atoms with Gasteiger partial charge in [-0.15, -0.1) is 0 Å². The third-order valence-electron chi connectivity index (χ3n) is 5.60. The number of aryl methyl sites for hydroxylation is 1. The van der Waals surface area contributed by atoms with Crippen molar-refractivity contribution in [2.75, 3.05) is 11.9 Å². The molecule has 0 aliphatic carbocycles. The van der Waals surface area contributed by atoms with Gasteiger partial charge in [-0.25, -0.2) is 9.53 Å². The van der Waals surface area contributed by atoms with Gasteiger partial charge in [0, 0.05) is 11.7 Å². The van der Waals surface area contributed by atoms with Crippen LogP contribution in [0.4, 0.5) is 11.4 Å². The molecule has 7 nitrogen and oxygen atoms in total. The van der Waals surface area contributed by atoms with Crippen LogP contribution in [0.3, 0.4) is 0 Å². The van der Waals surface area contributed by atoms with Crippen LogP contribution in [0.5, 0.6) is 0 Å². The number of benzene rings is 3. The number of carbonyl (C=O) groups is 1. The molecule has 0 radical (unpaired) electrons. The number of amides is 1. The molecule has 176 valence electrons. The Morgan fingerprint density at radius 1 is 1.03 bits per heavy atom. The molecule has 0 aliphatic heterocycles. The highest BCUT2D eigenvalue weighted by molar-refractivity contribution is 6.03. The Labute approximate surface area is 204 Å². The van der Waals surface area contributed by atoms with Crippen LogP contribution in [0.25, 0.3) is 10.5 Å². The van der Waals surface area contributed by atoms with Crippen LogP contribution in [0.15, 0.2) is 84.9 Å². The van der Waals surface area contributed by atoms with Gasteiger partial charge in [-0.05, 0) is 55.3 Å². The number of rotatable bonds is 8. The second-order valence-electron chi connectivity index (χ2n) is 8.39. The topological polar surface area (TPSA) is 83.5 Å². The first-order chi connectivity index (χ1) is 17.0. The van der Waals surface area contributed by atoms with Gasteiger partial charge in [0.05, 0.1) is 30.6 Å². The molecule has 0 fully saturated rings. The third-order valence-corrected chi connectivity index (χ3v) is 5.60. The van der Waals surface area contributed by atoms with E-state index in [1.807, 2.05) is 74.5 Å². The van der Waals surface area contributed by atoms with Crippen molar-refractivity contribution in [1.82, 2.24) is 15.1 Å². The zero-order valence-electron chi connectivity index (χ0n) is 19.6. The SMILES string of the molecule is [C-]#[N+]c1cccc(-n2nc(C)cc2C(=O)Nc2cccc(C(NC(C)CO)c3ccccc3)c2)c1. The molecule has 3 aromatic carbocycles. The number of carbonyl (C=O) groups excluding carboxylic acids is 1. The van der Waals surface area contributed by atoms with Crippen molar-refractivity contribution in [1.29, 1.82) is 0 Å². The summed E-state index contributed by atoms with van der Waals surface area (Å²) in [5.74, 6) is -0.302.